The van der Waals surface area contributed by atoms with E-state index in [2.05, 4.69) is 17.6 Å². The van der Waals surface area contributed by atoms with Gasteiger partial charge in [-0.15, -0.1) is 0 Å². The Labute approximate surface area is 134 Å². The van der Waals surface area contributed by atoms with Crippen molar-refractivity contribution in [2.45, 2.75) is 53.0 Å². The van der Waals surface area contributed by atoms with Gasteiger partial charge in [-0.05, 0) is 11.8 Å². The zero-order valence-electron chi connectivity index (χ0n) is 14.7. The van der Waals surface area contributed by atoms with Gasteiger partial charge in [0.15, 0.2) is 0 Å². The fourth-order valence-corrected chi connectivity index (χ4v) is 2.13. The fourth-order valence-electron chi connectivity index (χ4n) is 2.13. The van der Waals surface area contributed by atoms with Gasteiger partial charge in [0.1, 0.15) is 6.04 Å². The summed E-state index contributed by atoms with van der Waals surface area (Å²) in [6.45, 7) is 8.11. The second-order valence-electron chi connectivity index (χ2n) is 6.91. The molecule has 0 saturated heterocycles. The first kappa shape index (κ1) is 20.4. The van der Waals surface area contributed by atoms with Crippen molar-refractivity contribution in [1.82, 2.24) is 15.5 Å². The highest BCUT2D eigenvalue weighted by molar-refractivity contribution is 5.89. The molecule has 0 rings (SSSR count). The Bertz CT molecular complexity index is 375. The third-order valence-corrected chi connectivity index (χ3v) is 3.56. The van der Waals surface area contributed by atoms with Crippen LogP contribution in [-0.4, -0.2) is 49.8 Å². The maximum Gasteiger partial charge on any atom is 0.245 e. The number of hydrogen-bond acceptors (Lipinski definition) is 3. The van der Waals surface area contributed by atoms with E-state index < -0.39 is 6.04 Å². The van der Waals surface area contributed by atoms with Crippen LogP contribution < -0.4 is 10.6 Å². The van der Waals surface area contributed by atoms with Crippen LogP contribution in [0.25, 0.3) is 0 Å². The summed E-state index contributed by atoms with van der Waals surface area (Å²) in [6.07, 6.45) is 3.17. The number of unbranched alkanes of at least 4 members (excludes halogenated alkanes) is 1. The number of nitrogens with zero attached hydrogens (tertiary/aromatic N) is 1. The molecule has 2 atom stereocenters. The van der Waals surface area contributed by atoms with Gasteiger partial charge in [-0.1, -0.05) is 40.5 Å². The number of hydrogen-bond donors (Lipinski definition) is 2. The monoisotopic (exact) mass is 313 g/mol. The summed E-state index contributed by atoms with van der Waals surface area (Å²) in [5, 5.41) is 5.44. The van der Waals surface area contributed by atoms with Gasteiger partial charge in [0.25, 0.3) is 0 Å². The molecular formula is C16H31N3O3. The maximum absolute atomic E-state index is 12.5. The summed E-state index contributed by atoms with van der Waals surface area (Å²) in [6, 6.07) is -0.588. The van der Waals surface area contributed by atoms with Crippen molar-refractivity contribution in [3.63, 3.8) is 0 Å². The van der Waals surface area contributed by atoms with Crippen LogP contribution in [0.1, 0.15) is 47.0 Å². The van der Waals surface area contributed by atoms with Crippen molar-refractivity contribution in [3.8, 4) is 0 Å². The lowest BCUT2D eigenvalue weighted by molar-refractivity contribution is -0.138. The number of carbonyl (C=O) groups is 3. The highest BCUT2D eigenvalue weighted by atomic mass is 16.2. The Morgan fingerprint density at radius 1 is 1.23 bits per heavy atom. The molecule has 0 radical (unpaired) electrons. The smallest absolute Gasteiger partial charge is 0.245 e. The molecule has 2 N–H and O–H groups in total. The van der Waals surface area contributed by atoms with E-state index in [-0.39, 0.29) is 23.1 Å². The van der Waals surface area contributed by atoms with Crippen LogP contribution >= 0.6 is 0 Å². The number of carbonyl (C=O) groups excluding carboxylic acids is 3. The van der Waals surface area contributed by atoms with Gasteiger partial charge in [0, 0.05) is 20.6 Å². The lowest BCUT2D eigenvalue weighted by Gasteiger charge is -2.33. The van der Waals surface area contributed by atoms with Crippen LogP contribution in [-0.2, 0) is 14.4 Å². The Kier molecular flexibility index (Phi) is 8.75. The zero-order chi connectivity index (χ0) is 17.3. The average molecular weight is 313 g/mol. The SMILES string of the molecule is CCCC[C@H](CNC=O)C(=O)N[C@H](C(=O)N(C)C)C(C)(C)C. The highest BCUT2D eigenvalue weighted by Gasteiger charge is 2.35. The van der Waals surface area contributed by atoms with E-state index in [1.54, 1.807) is 14.1 Å². The molecule has 22 heavy (non-hydrogen) atoms. The Balaban J connectivity index is 5.01. The van der Waals surface area contributed by atoms with Crippen LogP contribution in [0.5, 0.6) is 0 Å². The third-order valence-electron chi connectivity index (χ3n) is 3.56. The minimum absolute atomic E-state index is 0.126. The summed E-state index contributed by atoms with van der Waals surface area (Å²) in [4.78, 5) is 36.8. The summed E-state index contributed by atoms with van der Waals surface area (Å²) < 4.78 is 0. The highest BCUT2D eigenvalue weighted by Crippen LogP contribution is 2.21. The van der Waals surface area contributed by atoms with E-state index >= 15 is 0 Å². The predicted octanol–water partition coefficient (Wildman–Crippen LogP) is 1.16. The Morgan fingerprint density at radius 3 is 2.23 bits per heavy atom. The largest absolute Gasteiger partial charge is 0.358 e. The van der Waals surface area contributed by atoms with Gasteiger partial charge >= 0.3 is 0 Å². The van der Waals surface area contributed by atoms with Crippen LogP contribution in [0.4, 0.5) is 0 Å². The van der Waals surface area contributed by atoms with Gasteiger partial charge in [0.05, 0.1) is 5.92 Å². The zero-order valence-corrected chi connectivity index (χ0v) is 14.7. The van der Waals surface area contributed by atoms with Gasteiger partial charge < -0.3 is 15.5 Å². The summed E-state index contributed by atoms with van der Waals surface area (Å²) >= 11 is 0. The molecule has 0 aromatic rings. The normalized spacial score (nSPS) is 13.9. The van der Waals surface area contributed by atoms with E-state index in [9.17, 15) is 14.4 Å². The van der Waals surface area contributed by atoms with Crippen molar-refractivity contribution in [3.05, 3.63) is 0 Å². The molecule has 0 aliphatic rings. The van der Waals surface area contributed by atoms with Gasteiger partial charge in [-0.3, -0.25) is 14.4 Å². The molecule has 0 bridgehead atoms. The minimum atomic E-state index is -0.588. The van der Waals surface area contributed by atoms with Crippen LogP contribution in [0.2, 0.25) is 0 Å². The van der Waals surface area contributed by atoms with Crippen LogP contribution in [0, 0.1) is 11.3 Å². The van der Waals surface area contributed by atoms with Gasteiger partial charge in [-0.2, -0.15) is 0 Å². The molecule has 0 aliphatic carbocycles. The van der Waals surface area contributed by atoms with Crippen molar-refractivity contribution in [2.75, 3.05) is 20.6 Å². The summed E-state index contributed by atoms with van der Waals surface area (Å²) in [7, 11) is 3.35. The molecule has 0 spiro atoms. The number of nitrogens with one attached hydrogen (secondary N) is 2. The van der Waals surface area contributed by atoms with Crippen LogP contribution in [0.15, 0.2) is 0 Å². The minimum Gasteiger partial charge on any atom is -0.358 e. The topological polar surface area (TPSA) is 78.5 Å². The summed E-state index contributed by atoms with van der Waals surface area (Å²) in [5.41, 5.74) is -0.385. The molecule has 0 fully saturated rings. The first-order valence-electron chi connectivity index (χ1n) is 7.83. The molecule has 0 saturated carbocycles. The predicted molar refractivity (Wildman–Crippen MR) is 87.2 cm³/mol. The number of rotatable bonds is 9. The number of amides is 3. The molecule has 6 nitrogen and oxygen atoms in total. The van der Waals surface area contributed by atoms with E-state index in [1.807, 2.05) is 20.8 Å². The van der Waals surface area contributed by atoms with Gasteiger partial charge in [-0.25, -0.2) is 0 Å². The number of likely N-dealkylation sites (N-methyl/N-ethyl adjacent to an activating group) is 1. The van der Waals surface area contributed by atoms with Crippen molar-refractivity contribution in [2.24, 2.45) is 11.3 Å². The standard InChI is InChI=1S/C16H31N3O3/c1-7-8-9-12(10-17-11-20)14(21)18-13(16(2,3)4)15(22)19(5)6/h11-13H,7-10H2,1-6H3,(H,17,20)(H,18,21)/t12-,13-/m1/s1. The first-order chi connectivity index (χ1) is 10.1. The van der Waals surface area contributed by atoms with E-state index in [1.165, 1.54) is 4.90 Å². The molecule has 0 aromatic heterocycles. The molecule has 0 aromatic carbocycles. The Hall–Kier alpha value is -1.59. The van der Waals surface area contributed by atoms with Crippen molar-refractivity contribution >= 4 is 18.2 Å². The van der Waals surface area contributed by atoms with E-state index in [4.69, 9.17) is 0 Å². The van der Waals surface area contributed by atoms with E-state index in [0.29, 0.717) is 19.4 Å². The lowest BCUT2D eigenvalue weighted by Crippen LogP contribution is -2.55. The molecule has 0 aliphatic heterocycles. The second kappa shape index (κ2) is 9.43. The summed E-state index contributed by atoms with van der Waals surface area (Å²) in [5.74, 6) is -0.624. The molecular weight excluding hydrogens is 282 g/mol. The van der Waals surface area contributed by atoms with Crippen LogP contribution in [0.3, 0.4) is 0 Å². The quantitative estimate of drug-likeness (QED) is 0.627. The first-order valence-corrected chi connectivity index (χ1v) is 7.83. The molecule has 128 valence electrons. The van der Waals surface area contributed by atoms with Gasteiger partial charge in [0.2, 0.25) is 18.2 Å². The molecule has 6 heteroatoms. The molecule has 0 unspecified atom stereocenters. The molecule has 0 heterocycles. The maximum atomic E-state index is 12.5. The fraction of sp³-hybridized carbons (Fsp3) is 0.812. The second-order valence-corrected chi connectivity index (χ2v) is 6.91. The average Bonchev–Trinajstić information content (AvgIpc) is 2.42. The molecule has 3 amide bonds. The van der Waals surface area contributed by atoms with Crippen molar-refractivity contribution in [1.29, 1.82) is 0 Å². The van der Waals surface area contributed by atoms with E-state index in [0.717, 1.165) is 12.8 Å². The lowest BCUT2D eigenvalue weighted by atomic mass is 9.85. The van der Waals surface area contributed by atoms with Crippen molar-refractivity contribution < 1.29 is 14.4 Å². The third kappa shape index (κ3) is 6.91. The Morgan fingerprint density at radius 2 is 1.82 bits per heavy atom.